The fourth-order valence-electron chi connectivity index (χ4n) is 1.76. The smallest absolute Gasteiger partial charge is 0.181 e. The number of hydrogen-bond donors (Lipinski definition) is 0. The maximum atomic E-state index is 2.38. The molecule has 2 heteroatoms. The summed E-state index contributed by atoms with van der Waals surface area (Å²) in [5, 5.41) is 0. The van der Waals surface area contributed by atoms with E-state index in [4.69, 9.17) is 0 Å². The van der Waals surface area contributed by atoms with Crippen molar-refractivity contribution in [1.29, 1.82) is 0 Å². The average molecular weight is 228 g/mol. The van der Waals surface area contributed by atoms with Crippen LogP contribution in [-0.2, 0) is 13.0 Å². The lowest BCUT2D eigenvalue weighted by Gasteiger charge is -2.01. The molecule has 1 heterocycles. The molecule has 0 aromatic carbocycles. The maximum absolute atomic E-state index is 2.38. The lowest BCUT2D eigenvalue weighted by molar-refractivity contribution is -0.704. The van der Waals surface area contributed by atoms with Crippen molar-refractivity contribution in [3.05, 3.63) is 30.1 Å². The molecule has 1 nitrogen and oxygen atoms in total. The zero-order chi connectivity index (χ0) is 10.2. The van der Waals surface area contributed by atoms with E-state index < -0.39 is 0 Å². The van der Waals surface area contributed by atoms with Gasteiger partial charge in [0.05, 0.1) is 0 Å². The summed E-state index contributed by atoms with van der Waals surface area (Å²) in [6.07, 6.45) is 8.70. The Labute approximate surface area is 99.9 Å². The predicted molar refractivity (Wildman–Crippen MR) is 60.2 cm³/mol. The van der Waals surface area contributed by atoms with Gasteiger partial charge in [0.25, 0.3) is 0 Å². The molecule has 0 aliphatic heterocycles. The van der Waals surface area contributed by atoms with Crippen LogP contribution in [0.25, 0.3) is 0 Å². The van der Waals surface area contributed by atoms with Gasteiger partial charge in [-0.15, -0.1) is 0 Å². The molecule has 0 saturated carbocycles. The van der Waals surface area contributed by atoms with Crippen LogP contribution in [-0.4, -0.2) is 0 Å². The van der Waals surface area contributed by atoms with Crippen LogP contribution in [0.4, 0.5) is 0 Å². The number of halogens is 1. The average Bonchev–Trinajstić information content (AvgIpc) is 2.25. The van der Waals surface area contributed by atoms with Crippen LogP contribution < -0.4 is 17.0 Å². The minimum atomic E-state index is 0. The highest BCUT2D eigenvalue weighted by Crippen LogP contribution is 1.99. The third kappa shape index (κ3) is 5.17. The highest BCUT2D eigenvalue weighted by atomic mass is 35.5. The number of rotatable bonds is 6. The third-order valence-corrected chi connectivity index (χ3v) is 2.65. The minimum Gasteiger partial charge on any atom is -1.00 e. The van der Waals surface area contributed by atoms with Gasteiger partial charge in [0.2, 0.25) is 0 Å². The molecule has 0 N–H and O–H groups in total. The first-order chi connectivity index (χ1) is 6.88. The van der Waals surface area contributed by atoms with Crippen molar-refractivity contribution in [3.63, 3.8) is 0 Å². The van der Waals surface area contributed by atoms with Gasteiger partial charge in [0.1, 0.15) is 6.54 Å². The minimum absolute atomic E-state index is 0. The molecule has 15 heavy (non-hydrogen) atoms. The van der Waals surface area contributed by atoms with E-state index in [1.54, 1.807) is 0 Å². The first-order valence-corrected chi connectivity index (χ1v) is 5.85. The lowest BCUT2D eigenvalue weighted by atomic mass is 10.2. The second-order valence-electron chi connectivity index (χ2n) is 3.80. The maximum Gasteiger partial charge on any atom is 0.181 e. The Morgan fingerprint density at radius 3 is 2.53 bits per heavy atom. The molecule has 0 radical (unpaired) electrons. The van der Waals surface area contributed by atoms with Gasteiger partial charge < -0.3 is 12.4 Å². The van der Waals surface area contributed by atoms with Crippen LogP contribution in [0.2, 0.25) is 0 Å². The van der Waals surface area contributed by atoms with Crippen molar-refractivity contribution in [3.8, 4) is 0 Å². The van der Waals surface area contributed by atoms with Gasteiger partial charge in [-0.3, -0.25) is 0 Å². The summed E-state index contributed by atoms with van der Waals surface area (Å²) in [6.45, 7) is 5.66. The van der Waals surface area contributed by atoms with Gasteiger partial charge in [-0.2, -0.15) is 0 Å². The Hall–Kier alpha value is -0.560. The molecule has 0 spiro atoms. The van der Waals surface area contributed by atoms with Crippen LogP contribution in [0, 0.1) is 0 Å². The Morgan fingerprint density at radius 1 is 1.07 bits per heavy atom. The lowest BCUT2D eigenvalue weighted by Crippen LogP contribution is -3.00. The molecule has 86 valence electrons. The Kier molecular flexibility index (Phi) is 8.40. The molecular formula is C13H22ClN. The summed E-state index contributed by atoms with van der Waals surface area (Å²) < 4.78 is 2.38. The van der Waals surface area contributed by atoms with E-state index in [9.17, 15) is 0 Å². The van der Waals surface area contributed by atoms with Crippen LogP contribution in [0.5, 0.6) is 0 Å². The quantitative estimate of drug-likeness (QED) is 0.480. The molecule has 0 bridgehead atoms. The highest BCUT2D eigenvalue weighted by Gasteiger charge is 2.05. The van der Waals surface area contributed by atoms with Gasteiger partial charge in [-0.05, 0) is 6.42 Å². The number of hydrogen-bond acceptors (Lipinski definition) is 0. The molecule has 0 fully saturated rings. The van der Waals surface area contributed by atoms with E-state index in [2.05, 4.69) is 42.8 Å². The Balaban J connectivity index is 0.00000196. The summed E-state index contributed by atoms with van der Waals surface area (Å²) >= 11 is 0. The summed E-state index contributed by atoms with van der Waals surface area (Å²) in [5.41, 5.74) is 1.45. The molecule has 0 saturated heterocycles. The molecule has 0 unspecified atom stereocenters. The normalized spacial score (nSPS) is 9.73. The topological polar surface area (TPSA) is 3.88 Å². The standard InChI is InChI=1S/C13H22N.ClH/c1-3-5-6-8-11-14-12-9-7-10-13(14)4-2;/h7,9-10,12H,3-6,8,11H2,1-2H3;1H/q+1;/p-1. The number of aromatic nitrogens is 1. The van der Waals surface area contributed by atoms with Crippen LogP contribution in [0.3, 0.4) is 0 Å². The Bertz CT molecular complexity index is 260. The van der Waals surface area contributed by atoms with Crippen LogP contribution >= 0.6 is 0 Å². The second-order valence-corrected chi connectivity index (χ2v) is 3.80. The van der Waals surface area contributed by atoms with Crippen molar-refractivity contribution in [2.75, 3.05) is 0 Å². The fraction of sp³-hybridized carbons (Fsp3) is 0.615. The molecule has 1 aromatic heterocycles. The molecular weight excluding hydrogens is 206 g/mol. The Morgan fingerprint density at radius 2 is 1.87 bits per heavy atom. The zero-order valence-electron chi connectivity index (χ0n) is 9.88. The molecule has 0 aliphatic rings. The second kappa shape index (κ2) is 8.72. The van der Waals surface area contributed by atoms with Gasteiger partial charge in [0.15, 0.2) is 11.9 Å². The third-order valence-electron chi connectivity index (χ3n) is 2.65. The molecule has 0 atom stereocenters. The van der Waals surface area contributed by atoms with E-state index in [-0.39, 0.29) is 12.4 Å². The van der Waals surface area contributed by atoms with Crippen molar-refractivity contribution in [1.82, 2.24) is 0 Å². The SMILES string of the molecule is CCCCCC[n+]1ccccc1CC.[Cl-]. The molecule has 0 aliphatic carbocycles. The summed E-state index contributed by atoms with van der Waals surface area (Å²) in [5.74, 6) is 0. The monoisotopic (exact) mass is 227 g/mol. The van der Waals surface area contributed by atoms with Gasteiger partial charge in [0, 0.05) is 25.0 Å². The van der Waals surface area contributed by atoms with Crippen molar-refractivity contribution in [2.45, 2.75) is 52.5 Å². The summed E-state index contributed by atoms with van der Waals surface area (Å²) in [7, 11) is 0. The van der Waals surface area contributed by atoms with E-state index in [0.717, 1.165) is 6.42 Å². The van der Waals surface area contributed by atoms with E-state index in [1.165, 1.54) is 37.9 Å². The number of unbranched alkanes of at least 4 members (excludes halogenated alkanes) is 3. The van der Waals surface area contributed by atoms with Crippen molar-refractivity contribution in [2.24, 2.45) is 0 Å². The van der Waals surface area contributed by atoms with Crippen molar-refractivity contribution >= 4 is 0 Å². The first-order valence-electron chi connectivity index (χ1n) is 5.85. The fourth-order valence-corrected chi connectivity index (χ4v) is 1.76. The molecule has 0 amide bonds. The summed E-state index contributed by atoms with van der Waals surface area (Å²) in [6, 6.07) is 6.47. The molecule has 1 rings (SSSR count). The first kappa shape index (κ1) is 14.4. The van der Waals surface area contributed by atoms with E-state index >= 15 is 0 Å². The molecule has 1 aromatic rings. The van der Waals surface area contributed by atoms with Gasteiger partial charge in [-0.25, -0.2) is 4.57 Å². The number of nitrogens with zero attached hydrogens (tertiary/aromatic N) is 1. The highest BCUT2D eigenvalue weighted by molar-refractivity contribution is 4.96. The summed E-state index contributed by atoms with van der Waals surface area (Å²) in [4.78, 5) is 0. The predicted octanol–water partition coefficient (Wildman–Crippen LogP) is 0.121. The van der Waals surface area contributed by atoms with Crippen molar-refractivity contribution < 1.29 is 17.0 Å². The number of pyridine rings is 1. The van der Waals surface area contributed by atoms with E-state index in [1.807, 2.05) is 0 Å². The van der Waals surface area contributed by atoms with Crippen LogP contribution in [0.15, 0.2) is 24.4 Å². The van der Waals surface area contributed by atoms with Crippen LogP contribution in [0.1, 0.15) is 45.2 Å². The largest absolute Gasteiger partial charge is 1.00 e. The van der Waals surface area contributed by atoms with Gasteiger partial charge >= 0.3 is 0 Å². The van der Waals surface area contributed by atoms with E-state index in [0.29, 0.717) is 0 Å². The zero-order valence-corrected chi connectivity index (χ0v) is 10.6. The number of aryl methyl sites for hydroxylation is 2. The van der Waals surface area contributed by atoms with Gasteiger partial charge in [-0.1, -0.05) is 32.8 Å².